The quantitative estimate of drug-likeness (QED) is 0.693. The lowest BCUT2D eigenvalue weighted by Gasteiger charge is -2.16. The van der Waals surface area contributed by atoms with Gasteiger partial charge in [0.05, 0.1) is 15.7 Å². The minimum Gasteiger partial charge on any atom is -0.479 e. The van der Waals surface area contributed by atoms with Crippen LogP contribution in [0.2, 0.25) is 10.0 Å². The van der Waals surface area contributed by atoms with E-state index in [0.29, 0.717) is 27.9 Å². The van der Waals surface area contributed by atoms with Crippen LogP contribution in [-0.4, -0.2) is 24.6 Å². The van der Waals surface area contributed by atoms with Gasteiger partial charge < -0.3 is 14.8 Å². The number of hydrogen-bond acceptors (Lipinski definition) is 4. The number of nitrogens with one attached hydrogen (secondary N) is 1. The maximum absolute atomic E-state index is 12.1. The first-order chi connectivity index (χ1) is 12.4. The molecule has 138 valence electrons. The Morgan fingerprint density at radius 2 is 1.81 bits per heavy atom. The third-order valence-corrected chi connectivity index (χ3v) is 4.35. The molecule has 0 bridgehead atoms. The number of para-hydroxylation sites is 1. The Kier molecular flexibility index (Phi) is 7.30. The zero-order chi connectivity index (χ0) is 19.1. The molecule has 0 aliphatic carbocycles. The molecule has 0 heterocycles. The number of ether oxygens (including phenoxy) is 2. The van der Waals surface area contributed by atoms with Crippen molar-refractivity contribution >= 4 is 40.8 Å². The highest BCUT2D eigenvalue weighted by Gasteiger charge is 2.21. The normalized spacial score (nSPS) is 11.5. The van der Waals surface area contributed by atoms with E-state index in [1.54, 1.807) is 50.2 Å². The van der Waals surface area contributed by atoms with Crippen molar-refractivity contribution < 1.29 is 19.1 Å². The van der Waals surface area contributed by atoms with E-state index >= 15 is 0 Å². The molecule has 5 nitrogen and oxygen atoms in total. The van der Waals surface area contributed by atoms with Crippen LogP contribution in [-0.2, 0) is 14.3 Å². The standard InChI is InChI=1S/C19H19Cl2NO4/c1-3-15(26-13-7-5-4-6-8-13)19(24)25-11-16(23)22-18-14(20)10-9-12(2)17(18)21/h4-10,15H,3,11H2,1-2H3,(H,22,23)/t15-/m1/s1. The highest BCUT2D eigenvalue weighted by Crippen LogP contribution is 2.32. The van der Waals surface area contributed by atoms with E-state index in [1.165, 1.54) is 0 Å². The van der Waals surface area contributed by atoms with Crippen molar-refractivity contribution in [3.63, 3.8) is 0 Å². The molecule has 0 aliphatic rings. The monoisotopic (exact) mass is 395 g/mol. The maximum Gasteiger partial charge on any atom is 0.347 e. The largest absolute Gasteiger partial charge is 0.479 e. The summed E-state index contributed by atoms with van der Waals surface area (Å²) in [6.45, 7) is 3.12. The highest BCUT2D eigenvalue weighted by atomic mass is 35.5. The minimum atomic E-state index is -0.795. The SMILES string of the molecule is CC[C@@H](Oc1ccccc1)C(=O)OCC(=O)Nc1c(Cl)ccc(C)c1Cl. The zero-order valence-corrected chi connectivity index (χ0v) is 15.9. The molecule has 26 heavy (non-hydrogen) atoms. The van der Waals surface area contributed by atoms with Crippen LogP contribution in [0.1, 0.15) is 18.9 Å². The van der Waals surface area contributed by atoms with Crippen LogP contribution in [0.4, 0.5) is 5.69 Å². The molecule has 0 fully saturated rings. The minimum absolute atomic E-state index is 0.293. The summed E-state index contributed by atoms with van der Waals surface area (Å²) in [7, 11) is 0. The summed E-state index contributed by atoms with van der Waals surface area (Å²) in [6, 6.07) is 12.3. The second-order valence-electron chi connectivity index (χ2n) is 5.54. The van der Waals surface area contributed by atoms with Gasteiger partial charge >= 0.3 is 5.97 Å². The van der Waals surface area contributed by atoms with Crippen molar-refractivity contribution in [2.45, 2.75) is 26.4 Å². The lowest BCUT2D eigenvalue weighted by atomic mass is 10.2. The molecule has 2 aromatic rings. The summed E-state index contributed by atoms with van der Waals surface area (Å²) in [5.41, 5.74) is 1.06. The summed E-state index contributed by atoms with van der Waals surface area (Å²) in [5, 5.41) is 3.21. The fourth-order valence-electron chi connectivity index (χ4n) is 2.14. The molecule has 7 heteroatoms. The summed E-state index contributed by atoms with van der Waals surface area (Å²) < 4.78 is 10.6. The number of hydrogen-bond donors (Lipinski definition) is 1. The van der Waals surface area contributed by atoms with Gasteiger partial charge in [-0.15, -0.1) is 0 Å². The number of amides is 1. The number of anilines is 1. The van der Waals surface area contributed by atoms with E-state index in [4.69, 9.17) is 32.7 Å². The number of rotatable bonds is 7. The summed E-state index contributed by atoms with van der Waals surface area (Å²) in [4.78, 5) is 24.2. The second kappa shape index (κ2) is 9.46. The number of aryl methyl sites for hydroxylation is 1. The molecule has 0 aliphatic heterocycles. The number of esters is 1. The van der Waals surface area contributed by atoms with E-state index < -0.39 is 24.6 Å². The lowest BCUT2D eigenvalue weighted by molar-refractivity contribution is -0.154. The third kappa shape index (κ3) is 5.38. The third-order valence-electron chi connectivity index (χ3n) is 3.55. The van der Waals surface area contributed by atoms with Gasteiger partial charge in [0.15, 0.2) is 12.7 Å². The van der Waals surface area contributed by atoms with Gasteiger partial charge in [0.2, 0.25) is 0 Å². The average Bonchev–Trinajstić information content (AvgIpc) is 2.65. The smallest absolute Gasteiger partial charge is 0.347 e. The van der Waals surface area contributed by atoms with Gasteiger partial charge in [0.25, 0.3) is 5.91 Å². The Morgan fingerprint density at radius 1 is 1.12 bits per heavy atom. The van der Waals surface area contributed by atoms with E-state index in [9.17, 15) is 9.59 Å². The van der Waals surface area contributed by atoms with Crippen molar-refractivity contribution in [1.29, 1.82) is 0 Å². The number of carbonyl (C=O) groups excluding carboxylic acids is 2. The molecular formula is C19H19Cl2NO4. The van der Waals surface area contributed by atoms with Crippen LogP contribution in [0.15, 0.2) is 42.5 Å². The number of carbonyl (C=O) groups is 2. The zero-order valence-electron chi connectivity index (χ0n) is 14.4. The van der Waals surface area contributed by atoms with Gasteiger partial charge in [-0.1, -0.05) is 54.4 Å². The molecule has 0 aromatic heterocycles. The molecule has 0 unspecified atom stereocenters. The summed E-state index contributed by atoms with van der Waals surface area (Å²) in [5.74, 6) is -0.602. The van der Waals surface area contributed by atoms with Gasteiger partial charge in [-0.25, -0.2) is 4.79 Å². The molecule has 0 saturated heterocycles. The molecule has 0 spiro atoms. The summed E-state index contributed by atoms with van der Waals surface area (Å²) >= 11 is 12.2. The van der Waals surface area contributed by atoms with Crippen LogP contribution in [0.5, 0.6) is 5.75 Å². The fourth-order valence-corrected chi connectivity index (χ4v) is 2.60. The van der Waals surface area contributed by atoms with Gasteiger partial charge in [-0.05, 0) is 37.1 Å². The molecule has 1 amide bonds. The van der Waals surface area contributed by atoms with Crippen molar-refractivity contribution in [2.24, 2.45) is 0 Å². The topological polar surface area (TPSA) is 64.6 Å². The number of halogens is 2. The average molecular weight is 396 g/mol. The van der Waals surface area contributed by atoms with E-state index in [-0.39, 0.29) is 0 Å². The lowest BCUT2D eigenvalue weighted by Crippen LogP contribution is -2.31. The van der Waals surface area contributed by atoms with Crippen molar-refractivity contribution in [3.8, 4) is 5.75 Å². The number of benzene rings is 2. The van der Waals surface area contributed by atoms with E-state index in [1.807, 2.05) is 6.07 Å². The van der Waals surface area contributed by atoms with Crippen LogP contribution in [0, 0.1) is 6.92 Å². The Hall–Kier alpha value is -2.24. The summed E-state index contributed by atoms with van der Waals surface area (Å²) in [6.07, 6.45) is -0.387. The Bertz CT molecular complexity index is 781. The first kappa shape index (κ1) is 20.1. The highest BCUT2D eigenvalue weighted by molar-refractivity contribution is 6.40. The van der Waals surface area contributed by atoms with Gasteiger partial charge in [-0.3, -0.25) is 4.79 Å². The van der Waals surface area contributed by atoms with Gasteiger partial charge in [0.1, 0.15) is 5.75 Å². The Morgan fingerprint density at radius 3 is 2.46 bits per heavy atom. The first-order valence-corrected chi connectivity index (χ1v) is 8.80. The van der Waals surface area contributed by atoms with Crippen LogP contribution >= 0.6 is 23.2 Å². The van der Waals surface area contributed by atoms with Crippen LogP contribution < -0.4 is 10.1 Å². The Balaban J connectivity index is 1.92. The van der Waals surface area contributed by atoms with Crippen LogP contribution in [0.3, 0.4) is 0 Å². The predicted molar refractivity (Wildman–Crippen MR) is 102 cm³/mol. The van der Waals surface area contributed by atoms with Gasteiger partial charge in [0, 0.05) is 0 Å². The van der Waals surface area contributed by atoms with E-state index in [2.05, 4.69) is 5.32 Å². The molecule has 2 rings (SSSR count). The van der Waals surface area contributed by atoms with Gasteiger partial charge in [-0.2, -0.15) is 0 Å². The maximum atomic E-state index is 12.1. The Labute approximate surface area is 162 Å². The predicted octanol–water partition coefficient (Wildman–Crippen LogP) is 4.64. The first-order valence-electron chi connectivity index (χ1n) is 8.05. The molecule has 1 N–H and O–H groups in total. The van der Waals surface area contributed by atoms with Crippen molar-refractivity contribution in [3.05, 3.63) is 58.1 Å². The molecule has 1 atom stereocenters. The fraction of sp³-hybridized carbons (Fsp3) is 0.263. The molecule has 2 aromatic carbocycles. The molecular weight excluding hydrogens is 377 g/mol. The van der Waals surface area contributed by atoms with E-state index in [0.717, 1.165) is 5.56 Å². The second-order valence-corrected chi connectivity index (χ2v) is 6.32. The molecule has 0 radical (unpaired) electrons. The van der Waals surface area contributed by atoms with Crippen molar-refractivity contribution in [1.82, 2.24) is 0 Å². The van der Waals surface area contributed by atoms with Crippen molar-refractivity contribution in [2.75, 3.05) is 11.9 Å². The molecule has 0 saturated carbocycles. The van der Waals surface area contributed by atoms with Crippen LogP contribution in [0.25, 0.3) is 0 Å².